The number of hydrogen-bond donors (Lipinski definition) is 0. The van der Waals surface area contributed by atoms with E-state index in [-0.39, 0.29) is 11.3 Å². The molecule has 5 heteroatoms. The van der Waals surface area contributed by atoms with Crippen molar-refractivity contribution in [3.05, 3.63) is 28.2 Å². The zero-order chi connectivity index (χ0) is 14.7. The second kappa shape index (κ2) is 6.81. The molecule has 20 heavy (non-hydrogen) atoms. The van der Waals surface area contributed by atoms with Gasteiger partial charge in [0.2, 0.25) is 0 Å². The van der Waals surface area contributed by atoms with E-state index in [2.05, 4.69) is 15.9 Å². The number of carbonyl (C=O) groups excluding carboxylic acids is 1. The molecule has 1 aliphatic heterocycles. The number of likely N-dealkylation sites (tertiary alicyclic amines) is 1. The van der Waals surface area contributed by atoms with Crippen molar-refractivity contribution in [3.63, 3.8) is 0 Å². The highest BCUT2D eigenvalue weighted by molar-refractivity contribution is 9.10. The number of benzene rings is 1. The third-order valence-corrected chi connectivity index (χ3v) is 4.85. The van der Waals surface area contributed by atoms with Gasteiger partial charge in [-0.2, -0.15) is 0 Å². The van der Waals surface area contributed by atoms with Crippen molar-refractivity contribution in [2.75, 3.05) is 20.2 Å². The zero-order valence-electron chi connectivity index (χ0n) is 11.7. The van der Waals surface area contributed by atoms with Crippen LogP contribution in [0.2, 0.25) is 0 Å². The first-order valence-corrected chi connectivity index (χ1v) is 8.02. The first-order valence-electron chi connectivity index (χ1n) is 6.79. The highest BCUT2D eigenvalue weighted by atomic mass is 79.9. The van der Waals surface area contributed by atoms with Gasteiger partial charge in [0, 0.05) is 24.0 Å². The first kappa shape index (κ1) is 15.6. The van der Waals surface area contributed by atoms with Crippen molar-refractivity contribution in [1.29, 1.82) is 0 Å². The molecule has 0 saturated carbocycles. The summed E-state index contributed by atoms with van der Waals surface area (Å²) in [4.78, 5) is 14.4. The van der Waals surface area contributed by atoms with Gasteiger partial charge in [-0.25, -0.2) is 0 Å². The molecule has 1 saturated heterocycles. The van der Waals surface area contributed by atoms with Crippen LogP contribution in [0.1, 0.15) is 30.1 Å². The largest absolute Gasteiger partial charge is 0.496 e. The molecule has 1 aliphatic rings. The molecule has 1 fully saturated rings. The minimum atomic E-state index is 0.0778. The number of piperidine rings is 1. The van der Waals surface area contributed by atoms with Gasteiger partial charge in [0.25, 0.3) is 5.91 Å². The van der Waals surface area contributed by atoms with Crippen molar-refractivity contribution >= 4 is 33.4 Å². The Morgan fingerprint density at radius 1 is 1.45 bits per heavy atom. The van der Waals surface area contributed by atoms with Gasteiger partial charge in [-0.05, 0) is 59.8 Å². The molecule has 0 aliphatic carbocycles. The second-order valence-corrected chi connectivity index (χ2v) is 6.70. The average molecular weight is 361 g/mol. The molecule has 3 nitrogen and oxygen atoms in total. The molecular formula is C15H19BrClNO2. The van der Waals surface area contributed by atoms with E-state index < -0.39 is 0 Å². The number of carbonyl (C=O) groups is 1. The molecule has 0 N–H and O–H groups in total. The molecule has 1 heterocycles. The van der Waals surface area contributed by atoms with Crippen LogP contribution in [-0.4, -0.2) is 36.4 Å². The van der Waals surface area contributed by atoms with Crippen LogP contribution in [0.15, 0.2) is 22.7 Å². The van der Waals surface area contributed by atoms with Crippen molar-refractivity contribution < 1.29 is 9.53 Å². The summed E-state index contributed by atoms with van der Waals surface area (Å²) in [6.07, 6.45) is 1.96. The molecule has 110 valence electrons. The topological polar surface area (TPSA) is 29.5 Å². The van der Waals surface area contributed by atoms with Crippen LogP contribution in [0, 0.1) is 5.92 Å². The summed E-state index contributed by atoms with van der Waals surface area (Å²) in [5, 5.41) is 0.183. The molecule has 1 amide bonds. The molecule has 1 aromatic carbocycles. The third-order valence-electron chi connectivity index (χ3n) is 3.88. The Bertz CT molecular complexity index is 485. The highest BCUT2D eigenvalue weighted by Gasteiger charge is 2.26. The minimum Gasteiger partial charge on any atom is -0.496 e. The maximum absolute atomic E-state index is 12.5. The molecule has 1 aromatic rings. The summed E-state index contributed by atoms with van der Waals surface area (Å²) >= 11 is 9.55. The zero-order valence-corrected chi connectivity index (χ0v) is 14.1. The van der Waals surface area contributed by atoms with Gasteiger partial charge in [0.1, 0.15) is 5.75 Å². The van der Waals surface area contributed by atoms with Crippen LogP contribution in [-0.2, 0) is 0 Å². The predicted molar refractivity (Wildman–Crippen MR) is 84.6 cm³/mol. The van der Waals surface area contributed by atoms with Crippen molar-refractivity contribution in [2.45, 2.75) is 25.1 Å². The Kier molecular flexibility index (Phi) is 5.33. The number of ether oxygens (including phenoxy) is 1. The fourth-order valence-electron chi connectivity index (χ4n) is 2.54. The lowest BCUT2D eigenvalue weighted by Crippen LogP contribution is -2.40. The Balaban J connectivity index is 2.04. The number of halogens is 2. The van der Waals surface area contributed by atoms with E-state index in [0.717, 1.165) is 36.2 Å². The lowest BCUT2D eigenvalue weighted by Gasteiger charge is -2.33. The number of rotatable bonds is 3. The van der Waals surface area contributed by atoms with E-state index in [0.29, 0.717) is 11.5 Å². The summed E-state index contributed by atoms with van der Waals surface area (Å²) in [5.74, 6) is 1.33. The van der Waals surface area contributed by atoms with E-state index >= 15 is 0 Å². The van der Waals surface area contributed by atoms with Crippen molar-refractivity contribution in [2.24, 2.45) is 5.92 Å². The van der Waals surface area contributed by atoms with Gasteiger partial charge >= 0.3 is 0 Å². The van der Waals surface area contributed by atoms with Crippen LogP contribution >= 0.6 is 27.5 Å². The number of hydrogen-bond acceptors (Lipinski definition) is 2. The summed E-state index contributed by atoms with van der Waals surface area (Å²) in [7, 11) is 1.61. The summed E-state index contributed by atoms with van der Waals surface area (Å²) in [6, 6.07) is 5.44. The van der Waals surface area contributed by atoms with Gasteiger partial charge in [-0.1, -0.05) is 0 Å². The van der Waals surface area contributed by atoms with Gasteiger partial charge in [0.05, 0.1) is 11.6 Å². The maximum Gasteiger partial charge on any atom is 0.253 e. The fourth-order valence-corrected chi connectivity index (χ4v) is 3.34. The first-order chi connectivity index (χ1) is 9.52. The van der Waals surface area contributed by atoms with E-state index in [9.17, 15) is 4.79 Å². The molecule has 2 rings (SSSR count). The smallest absolute Gasteiger partial charge is 0.253 e. The Hall–Kier alpha value is -0.740. The average Bonchev–Trinajstić information content (AvgIpc) is 2.46. The van der Waals surface area contributed by atoms with Crippen molar-refractivity contribution in [1.82, 2.24) is 4.90 Å². The molecule has 0 bridgehead atoms. The molecule has 0 spiro atoms. The van der Waals surface area contributed by atoms with E-state index in [1.165, 1.54) is 0 Å². The van der Waals surface area contributed by atoms with Gasteiger partial charge in [-0.3, -0.25) is 4.79 Å². The van der Waals surface area contributed by atoms with Gasteiger partial charge < -0.3 is 9.64 Å². The molecule has 0 radical (unpaired) electrons. The summed E-state index contributed by atoms with van der Waals surface area (Å²) < 4.78 is 5.98. The van der Waals surface area contributed by atoms with Crippen LogP contribution in [0.3, 0.4) is 0 Å². The van der Waals surface area contributed by atoms with E-state index in [1.54, 1.807) is 7.11 Å². The summed E-state index contributed by atoms with van der Waals surface area (Å²) in [5.41, 5.74) is 0.690. The van der Waals surface area contributed by atoms with Crippen molar-refractivity contribution in [3.8, 4) is 5.75 Å². The monoisotopic (exact) mass is 359 g/mol. The predicted octanol–water partition coefficient (Wildman–Crippen LogP) is 3.94. The summed E-state index contributed by atoms with van der Waals surface area (Å²) in [6.45, 7) is 3.60. The van der Waals surface area contributed by atoms with Crippen LogP contribution in [0.4, 0.5) is 0 Å². The SMILES string of the molecule is COc1ccc(C(=O)N2CCC(C(C)Cl)CC2)cc1Br. The quantitative estimate of drug-likeness (QED) is 0.764. The number of amides is 1. The number of nitrogens with zero attached hydrogens (tertiary/aromatic N) is 1. The molecule has 1 atom stereocenters. The van der Waals surface area contributed by atoms with E-state index in [1.807, 2.05) is 30.0 Å². The maximum atomic E-state index is 12.5. The minimum absolute atomic E-state index is 0.0778. The number of alkyl halides is 1. The standard InChI is InChI=1S/C15H19BrClNO2/c1-10(17)11-5-7-18(8-6-11)15(19)12-3-4-14(20-2)13(16)9-12/h3-4,9-11H,5-8H2,1-2H3. The lowest BCUT2D eigenvalue weighted by atomic mass is 9.93. The highest BCUT2D eigenvalue weighted by Crippen LogP contribution is 2.28. The second-order valence-electron chi connectivity index (χ2n) is 5.16. The number of methoxy groups -OCH3 is 1. The van der Waals surface area contributed by atoms with Crippen LogP contribution < -0.4 is 4.74 Å². The molecular weight excluding hydrogens is 342 g/mol. The van der Waals surface area contributed by atoms with Crippen LogP contribution in [0.25, 0.3) is 0 Å². The Labute approximate surface area is 133 Å². The lowest BCUT2D eigenvalue weighted by molar-refractivity contribution is 0.0690. The normalized spacial score (nSPS) is 17.9. The van der Waals surface area contributed by atoms with Gasteiger partial charge in [-0.15, -0.1) is 11.6 Å². The van der Waals surface area contributed by atoms with Crippen LogP contribution in [0.5, 0.6) is 5.75 Å². The Morgan fingerprint density at radius 2 is 2.10 bits per heavy atom. The van der Waals surface area contributed by atoms with E-state index in [4.69, 9.17) is 16.3 Å². The Morgan fingerprint density at radius 3 is 2.60 bits per heavy atom. The fraction of sp³-hybridized carbons (Fsp3) is 0.533. The molecule has 0 aromatic heterocycles. The molecule has 1 unspecified atom stereocenters. The van der Waals surface area contributed by atoms with Gasteiger partial charge in [0.15, 0.2) is 0 Å². The third kappa shape index (κ3) is 3.47.